The minimum absolute atomic E-state index is 0.138. The fourth-order valence-electron chi connectivity index (χ4n) is 1.82. The highest BCUT2D eigenvalue weighted by Gasteiger charge is 2.13. The Morgan fingerprint density at radius 1 is 1.38 bits per heavy atom. The Balaban J connectivity index is 1.89. The van der Waals surface area contributed by atoms with Crippen molar-refractivity contribution in [2.45, 2.75) is 37.3 Å². The van der Waals surface area contributed by atoms with E-state index in [4.69, 9.17) is 4.52 Å². The molecule has 0 spiro atoms. The first-order chi connectivity index (χ1) is 10.0. The lowest BCUT2D eigenvalue weighted by atomic mass is 10.1. The Morgan fingerprint density at radius 2 is 2.14 bits per heavy atom. The van der Waals surface area contributed by atoms with Crippen molar-refractivity contribution >= 4 is 33.5 Å². The summed E-state index contributed by atoms with van der Waals surface area (Å²) >= 11 is 5.13. The molecule has 1 aromatic heterocycles. The first-order valence-electron chi connectivity index (χ1n) is 6.75. The van der Waals surface area contributed by atoms with E-state index < -0.39 is 0 Å². The summed E-state index contributed by atoms with van der Waals surface area (Å²) in [5, 5.41) is 3.92. The zero-order chi connectivity index (χ0) is 15.2. The molecule has 0 aliphatic carbocycles. The predicted octanol–water partition coefficient (Wildman–Crippen LogP) is 4.28. The number of aromatic nitrogens is 2. The molecular formula is C15H17BrN2O2S. The van der Waals surface area contributed by atoms with E-state index in [0.29, 0.717) is 29.8 Å². The van der Waals surface area contributed by atoms with Crippen LogP contribution in [0.5, 0.6) is 0 Å². The van der Waals surface area contributed by atoms with Crippen molar-refractivity contribution in [3.05, 3.63) is 40.5 Å². The Morgan fingerprint density at radius 3 is 2.86 bits per heavy atom. The first-order valence-corrected chi connectivity index (χ1v) is 8.53. The molecule has 0 radical (unpaired) electrons. The third-order valence-corrected chi connectivity index (χ3v) is 4.71. The highest BCUT2D eigenvalue weighted by atomic mass is 79.9. The quantitative estimate of drug-likeness (QED) is 0.682. The number of halogens is 1. The number of hydrogen-bond donors (Lipinski definition) is 0. The summed E-state index contributed by atoms with van der Waals surface area (Å²) < 4.78 is 6.18. The van der Waals surface area contributed by atoms with Crippen molar-refractivity contribution in [2.75, 3.05) is 0 Å². The molecule has 1 heterocycles. The maximum Gasteiger partial charge on any atom is 0.234 e. The van der Waals surface area contributed by atoms with Gasteiger partial charge in [0.05, 0.1) is 12.2 Å². The number of Topliss-reactive ketones (excluding diaryl/α,β-unsaturated/α-hetero) is 1. The maximum atomic E-state index is 11.7. The summed E-state index contributed by atoms with van der Waals surface area (Å²) in [7, 11) is 0. The molecule has 0 aliphatic rings. The van der Waals surface area contributed by atoms with Gasteiger partial charge in [-0.1, -0.05) is 31.1 Å². The average Bonchev–Trinajstić information content (AvgIpc) is 2.84. The largest absolute Gasteiger partial charge is 0.339 e. The van der Waals surface area contributed by atoms with Gasteiger partial charge in [0.2, 0.25) is 5.89 Å². The minimum atomic E-state index is 0.138. The van der Waals surface area contributed by atoms with Crippen molar-refractivity contribution in [1.82, 2.24) is 10.1 Å². The second-order valence-electron chi connectivity index (χ2n) is 5.14. The molecule has 112 valence electrons. The third kappa shape index (κ3) is 5.28. The molecule has 0 atom stereocenters. The summed E-state index contributed by atoms with van der Waals surface area (Å²) in [6.45, 7) is 4.04. The molecule has 0 fully saturated rings. The molecule has 0 saturated heterocycles. The summed E-state index contributed by atoms with van der Waals surface area (Å²) in [5.41, 5.74) is 0. The van der Waals surface area contributed by atoms with E-state index in [1.165, 1.54) is 0 Å². The zero-order valence-electron chi connectivity index (χ0n) is 12.0. The second kappa shape index (κ2) is 7.75. The van der Waals surface area contributed by atoms with Gasteiger partial charge >= 0.3 is 0 Å². The molecular weight excluding hydrogens is 352 g/mol. The van der Waals surface area contributed by atoms with Crippen LogP contribution in [0.2, 0.25) is 0 Å². The van der Waals surface area contributed by atoms with E-state index in [2.05, 4.69) is 26.1 Å². The van der Waals surface area contributed by atoms with Gasteiger partial charge in [0, 0.05) is 15.8 Å². The van der Waals surface area contributed by atoms with E-state index >= 15 is 0 Å². The fourth-order valence-corrected chi connectivity index (χ4v) is 3.23. The van der Waals surface area contributed by atoms with Gasteiger partial charge < -0.3 is 4.52 Å². The van der Waals surface area contributed by atoms with Crippen molar-refractivity contribution in [2.24, 2.45) is 5.92 Å². The van der Waals surface area contributed by atoms with Crippen LogP contribution in [-0.2, 0) is 17.0 Å². The van der Waals surface area contributed by atoms with Gasteiger partial charge in [-0.05, 0) is 34.0 Å². The SMILES string of the molecule is CC(C)CC(=O)Cc1nc(CSc2ccccc2Br)no1. The number of thioether (sulfide) groups is 1. The van der Waals surface area contributed by atoms with Crippen molar-refractivity contribution in [1.29, 1.82) is 0 Å². The van der Waals surface area contributed by atoms with Crippen LogP contribution in [0, 0.1) is 5.92 Å². The molecule has 4 nitrogen and oxygen atoms in total. The zero-order valence-corrected chi connectivity index (χ0v) is 14.4. The number of hydrogen-bond acceptors (Lipinski definition) is 5. The van der Waals surface area contributed by atoms with Gasteiger partial charge in [-0.2, -0.15) is 4.98 Å². The second-order valence-corrected chi connectivity index (χ2v) is 7.01. The standard InChI is InChI=1S/C15H17BrN2O2S/c1-10(2)7-11(19)8-15-17-14(18-20-15)9-21-13-6-4-3-5-12(13)16/h3-6,10H,7-9H2,1-2H3. The summed E-state index contributed by atoms with van der Waals surface area (Å²) in [5.74, 6) is 2.13. The van der Waals surface area contributed by atoms with Crippen LogP contribution in [0.3, 0.4) is 0 Å². The fraction of sp³-hybridized carbons (Fsp3) is 0.400. The van der Waals surface area contributed by atoms with E-state index in [1.807, 2.05) is 38.1 Å². The Hall–Kier alpha value is -1.14. The van der Waals surface area contributed by atoms with Gasteiger partial charge in [-0.3, -0.25) is 4.79 Å². The number of benzene rings is 1. The van der Waals surface area contributed by atoms with Crippen LogP contribution in [0.25, 0.3) is 0 Å². The highest BCUT2D eigenvalue weighted by Crippen LogP contribution is 2.28. The summed E-state index contributed by atoms with van der Waals surface area (Å²) in [6.07, 6.45) is 0.772. The lowest BCUT2D eigenvalue weighted by molar-refractivity contribution is -0.119. The Bertz CT molecular complexity index is 613. The minimum Gasteiger partial charge on any atom is -0.339 e. The number of rotatable bonds is 7. The van der Waals surface area contributed by atoms with Gasteiger partial charge in [0.15, 0.2) is 5.82 Å². The lowest BCUT2D eigenvalue weighted by Crippen LogP contribution is -2.06. The van der Waals surface area contributed by atoms with Gasteiger partial charge in [-0.15, -0.1) is 11.8 Å². The van der Waals surface area contributed by atoms with Crippen LogP contribution in [0.4, 0.5) is 0 Å². The van der Waals surface area contributed by atoms with Gasteiger partial charge in [-0.25, -0.2) is 0 Å². The monoisotopic (exact) mass is 368 g/mol. The summed E-state index contributed by atoms with van der Waals surface area (Å²) in [4.78, 5) is 17.1. The smallest absolute Gasteiger partial charge is 0.234 e. The molecule has 0 aliphatic heterocycles. The normalized spacial score (nSPS) is 11.0. The number of ketones is 1. The highest BCUT2D eigenvalue weighted by molar-refractivity contribution is 9.10. The van der Waals surface area contributed by atoms with E-state index in [-0.39, 0.29) is 12.2 Å². The first kappa shape index (κ1) is 16.2. The van der Waals surface area contributed by atoms with Crippen LogP contribution in [0.1, 0.15) is 32.0 Å². The molecule has 2 rings (SSSR count). The van der Waals surface area contributed by atoms with Crippen molar-refractivity contribution < 1.29 is 9.32 Å². The van der Waals surface area contributed by atoms with Crippen LogP contribution in [-0.4, -0.2) is 15.9 Å². The van der Waals surface area contributed by atoms with E-state index in [0.717, 1.165) is 9.37 Å². The lowest BCUT2D eigenvalue weighted by Gasteiger charge is -2.01. The molecule has 0 saturated carbocycles. The molecule has 1 aromatic carbocycles. The molecule has 6 heteroatoms. The van der Waals surface area contributed by atoms with Crippen LogP contribution in [0.15, 0.2) is 38.2 Å². The third-order valence-electron chi connectivity index (χ3n) is 2.69. The molecule has 0 bridgehead atoms. The molecule has 0 amide bonds. The van der Waals surface area contributed by atoms with Crippen LogP contribution < -0.4 is 0 Å². The number of carbonyl (C=O) groups is 1. The van der Waals surface area contributed by atoms with E-state index in [9.17, 15) is 4.79 Å². The van der Waals surface area contributed by atoms with Crippen molar-refractivity contribution in [3.8, 4) is 0 Å². The molecule has 0 unspecified atom stereocenters. The molecule has 0 N–H and O–H groups in total. The van der Waals surface area contributed by atoms with Gasteiger partial charge in [0.1, 0.15) is 5.78 Å². The van der Waals surface area contributed by atoms with Crippen LogP contribution >= 0.6 is 27.7 Å². The number of carbonyl (C=O) groups excluding carboxylic acids is 1. The predicted molar refractivity (Wildman–Crippen MR) is 86.2 cm³/mol. The van der Waals surface area contributed by atoms with Crippen molar-refractivity contribution in [3.63, 3.8) is 0 Å². The topological polar surface area (TPSA) is 56.0 Å². The maximum absolute atomic E-state index is 11.7. The molecule has 21 heavy (non-hydrogen) atoms. The number of nitrogens with zero attached hydrogens (tertiary/aromatic N) is 2. The Kier molecular flexibility index (Phi) is 5.99. The molecule has 2 aromatic rings. The Labute approximate surface area is 136 Å². The summed E-state index contributed by atoms with van der Waals surface area (Å²) in [6, 6.07) is 7.98. The van der Waals surface area contributed by atoms with E-state index in [1.54, 1.807) is 11.8 Å². The van der Waals surface area contributed by atoms with Gasteiger partial charge in [0.25, 0.3) is 0 Å². The average molecular weight is 369 g/mol.